The Morgan fingerprint density at radius 1 is 1.46 bits per heavy atom. The zero-order valence-corrected chi connectivity index (χ0v) is 7.32. The SMILES string of the molecule is NCOc1ccc2c(c1)OCC[CH]2. The molecule has 0 spiro atoms. The molecule has 0 amide bonds. The molecule has 2 rings (SSSR count). The van der Waals surface area contributed by atoms with Crippen molar-refractivity contribution in [3.05, 3.63) is 30.2 Å². The summed E-state index contributed by atoms with van der Waals surface area (Å²) in [6, 6.07) is 5.76. The predicted octanol–water partition coefficient (Wildman–Crippen LogP) is 1.32. The van der Waals surface area contributed by atoms with Gasteiger partial charge in [0, 0.05) is 6.07 Å². The van der Waals surface area contributed by atoms with E-state index in [1.165, 1.54) is 0 Å². The van der Waals surface area contributed by atoms with Crippen LogP contribution < -0.4 is 15.2 Å². The molecule has 0 bridgehead atoms. The molecule has 1 aliphatic rings. The fourth-order valence-electron chi connectivity index (χ4n) is 1.38. The summed E-state index contributed by atoms with van der Waals surface area (Å²) in [7, 11) is 0. The molecule has 0 saturated carbocycles. The summed E-state index contributed by atoms with van der Waals surface area (Å²) >= 11 is 0. The summed E-state index contributed by atoms with van der Waals surface area (Å²) in [5, 5.41) is 0. The lowest BCUT2D eigenvalue weighted by Crippen LogP contribution is -2.09. The molecule has 1 aliphatic heterocycles. The molecule has 3 heteroatoms. The second kappa shape index (κ2) is 3.66. The van der Waals surface area contributed by atoms with Crippen LogP contribution in [0.3, 0.4) is 0 Å². The van der Waals surface area contributed by atoms with Gasteiger partial charge in [-0.1, -0.05) is 6.07 Å². The highest BCUT2D eigenvalue weighted by Gasteiger charge is 2.10. The molecule has 3 nitrogen and oxygen atoms in total. The van der Waals surface area contributed by atoms with E-state index in [1.54, 1.807) is 0 Å². The van der Waals surface area contributed by atoms with Crippen molar-refractivity contribution in [3.63, 3.8) is 0 Å². The first kappa shape index (κ1) is 8.38. The van der Waals surface area contributed by atoms with Crippen LogP contribution in [-0.2, 0) is 0 Å². The number of hydrogen-bond donors (Lipinski definition) is 1. The molecule has 13 heavy (non-hydrogen) atoms. The van der Waals surface area contributed by atoms with E-state index in [2.05, 4.69) is 6.42 Å². The van der Waals surface area contributed by atoms with Gasteiger partial charge in [-0.25, -0.2) is 0 Å². The van der Waals surface area contributed by atoms with Crippen LogP contribution in [0.15, 0.2) is 18.2 Å². The number of rotatable bonds is 2. The van der Waals surface area contributed by atoms with Gasteiger partial charge in [0.05, 0.1) is 6.61 Å². The Morgan fingerprint density at radius 2 is 2.38 bits per heavy atom. The van der Waals surface area contributed by atoms with Crippen LogP contribution in [0, 0.1) is 6.42 Å². The smallest absolute Gasteiger partial charge is 0.137 e. The highest BCUT2D eigenvalue weighted by Crippen LogP contribution is 2.29. The average molecular weight is 178 g/mol. The van der Waals surface area contributed by atoms with Gasteiger partial charge in [0.1, 0.15) is 18.2 Å². The number of ether oxygens (including phenoxy) is 2. The van der Waals surface area contributed by atoms with Crippen LogP contribution in [0.25, 0.3) is 0 Å². The van der Waals surface area contributed by atoms with E-state index in [9.17, 15) is 0 Å². The lowest BCUT2D eigenvalue weighted by Gasteiger charge is -2.17. The molecule has 0 aromatic heterocycles. The lowest BCUT2D eigenvalue weighted by atomic mass is 10.1. The summed E-state index contributed by atoms with van der Waals surface area (Å²) in [5.74, 6) is 1.65. The molecule has 0 saturated heterocycles. The Labute approximate surface area is 77.5 Å². The molecule has 1 aromatic rings. The molecule has 69 valence electrons. The van der Waals surface area contributed by atoms with Crippen molar-refractivity contribution in [1.82, 2.24) is 0 Å². The number of benzene rings is 1. The fraction of sp³-hybridized carbons (Fsp3) is 0.300. The minimum atomic E-state index is 0.197. The standard InChI is InChI=1S/C10H12NO2/c11-7-13-9-4-3-8-2-1-5-12-10(8)6-9/h2-4,6H,1,5,7,11H2. The van der Waals surface area contributed by atoms with Gasteiger partial charge in [0.15, 0.2) is 0 Å². The maximum Gasteiger partial charge on any atom is 0.137 e. The van der Waals surface area contributed by atoms with E-state index in [0.29, 0.717) is 0 Å². The van der Waals surface area contributed by atoms with Gasteiger partial charge in [0.2, 0.25) is 0 Å². The third-order valence-electron chi connectivity index (χ3n) is 1.97. The first-order chi connectivity index (χ1) is 6.40. The average Bonchev–Trinajstić information content (AvgIpc) is 2.18. The number of nitrogens with two attached hydrogens (primary N) is 1. The van der Waals surface area contributed by atoms with Gasteiger partial charge in [-0.3, -0.25) is 5.73 Å². The van der Waals surface area contributed by atoms with Crippen molar-refractivity contribution in [3.8, 4) is 11.5 Å². The van der Waals surface area contributed by atoms with E-state index in [0.717, 1.165) is 30.1 Å². The van der Waals surface area contributed by atoms with Gasteiger partial charge >= 0.3 is 0 Å². The third kappa shape index (κ3) is 1.75. The van der Waals surface area contributed by atoms with Crippen LogP contribution in [0.2, 0.25) is 0 Å². The summed E-state index contributed by atoms with van der Waals surface area (Å²) < 4.78 is 10.6. The fourth-order valence-corrected chi connectivity index (χ4v) is 1.38. The monoisotopic (exact) mass is 178 g/mol. The molecule has 1 aromatic carbocycles. The van der Waals surface area contributed by atoms with Crippen molar-refractivity contribution >= 4 is 0 Å². The van der Waals surface area contributed by atoms with Crippen molar-refractivity contribution in [2.24, 2.45) is 5.73 Å². The van der Waals surface area contributed by atoms with Crippen LogP contribution in [-0.4, -0.2) is 13.3 Å². The Balaban J connectivity index is 2.24. The zero-order chi connectivity index (χ0) is 9.10. The van der Waals surface area contributed by atoms with Crippen LogP contribution >= 0.6 is 0 Å². The van der Waals surface area contributed by atoms with Gasteiger partial charge in [-0.15, -0.1) is 0 Å². The normalized spacial score (nSPS) is 14.5. The largest absolute Gasteiger partial charge is 0.493 e. The first-order valence-electron chi connectivity index (χ1n) is 4.33. The Bertz CT molecular complexity index is 299. The third-order valence-corrected chi connectivity index (χ3v) is 1.97. The van der Waals surface area contributed by atoms with Crippen molar-refractivity contribution in [2.75, 3.05) is 13.3 Å². The number of fused-ring (bicyclic) bond motifs is 1. The summed E-state index contributed by atoms with van der Waals surface area (Å²) in [5.41, 5.74) is 6.40. The topological polar surface area (TPSA) is 44.5 Å². The van der Waals surface area contributed by atoms with Gasteiger partial charge in [-0.05, 0) is 24.5 Å². The summed E-state index contributed by atoms with van der Waals surface area (Å²) in [4.78, 5) is 0. The van der Waals surface area contributed by atoms with Crippen LogP contribution in [0.1, 0.15) is 12.0 Å². The minimum Gasteiger partial charge on any atom is -0.493 e. The lowest BCUT2D eigenvalue weighted by molar-refractivity contribution is 0.297. The second-order valence-electron chi connectivity index (χ2n) is 2.85. The quantitative estimate of drug-likeness (QED) is 0.694. The molecule has 0 aliphatic carbocycles. The van der Waals surface area contributed by atoms with Crippen LogP contribution in [0.5, 0.6) is 11.5 Å². The first-order valence-corrected chi connectivity index (χ1v) is 4.33. The molecule has 1 heterocycles. The number of hydrogen-bond acceptors (Lipinski definition) is 3. The summed E-state index contributed by atoms with van der Waals surface area (Å²) in [6.07, 6.45) is 3.13. The van der Waals surface area contributed by atoms with E-state index >= 15 is 0 Å². The van der Waals surface area contributed by atoms with Gasteiger partial charge in [-0.2, -0.15) is 0 Å². The minimum absolute atomic E-state index is 0.197. The maximum absolute atomic E-state index is 5.46. The molecule has 0 fully saturated rings. The van der Waals surface area contributed by atoms with Crippen molar-refractivity contribution in [1.29, 1.82) is 0 Å². The molecular formula is C10H12NO2. The predicted molar refractivity (Wildman–Crippen MR) is 49.6 cm³/mol. The molecule has 2 N–H and O–H groups in total. The molecular weight excluding hydrogens is 166 g/mol. The Morgan fingerprint density at radius 3 is 3.23 bits per heavy atom. The Kier molecular flexibility index (Phi) is 2.36. The van der Waals surface area contributed by atoms with Crippen LogP contribution in [0.4, 0.5) is 0 Å². The highest BCUT2D eigenvalue weighted by atomic mass is 16.5. The molecule has 0 atom stereocenters. The highest BCUT2D eigenvalue weighted by molar-refractivity contribution is 5.45. The van der Waals surface area contributed by atoms with E-state index in [1.807, 2.05) is 18.2 Å². The van der Waals surface area contributed by atoms with E-state index in [4.69, 9.17) is 15.2 Å². The van der Waals surface area contributed by atoms with E-state index < -0.39 is 0 Å². The summed E-state index contributed by atoms with van der Waals surface area (Å²) in [6.45, 7) is 0.946. The van der Waals surface area contributed by atoms with E-state index in [-0.39, 0.29) is 6.73 Å². The van der Waals surface area contributed by atoms with Gasteiger partial charge < -0.3 is 9.47 Å². The van der Waals surface area contributed by atoms with Crippen molar-refractivity contribution < 1.29 is 9.47 Å². The zero-order valence-electron chi connectivity index (χ0n) is 7.32. The second-order valence-corrected chi connectivity index (χ2v) is 2.85. The van der Waals surface area contributed by atoms with Gasteiger partial charge in [0.25, 0.3) is 0 Å². The molecule has 0 unspecified atom stereocenters. The Hall–Kier alpha value is -1.22. The maximum atomic E-state index is 5.46. The molecule has 1 radical (unpaired) electrons. The van der Waals surface area contributed by atoms with Crippen molar-refractivity contribution in [2.45, 2.75) is 6.42 Å².